The fourth-order valence-corrected chi connectivity index (χ4v) is 8.07. The fourth-order valence-electron chi connectivity index (χ4n) is 8.07. The number of carbonyl (C=O) groups is 3. The van der Waals surface area contributed by atoms with E-state index in [2.05, 4.69) is 93.7 Å². The molecule has 1 atom stereocenters. The van der Waals surface area contributed by atoms with Crippen LogP contribution in [0.15, 0.2) is 72.9 Å². The molecule has 1 unspecified atom stereocenters. The van der Waals surface area contributed by atoms with Crippen molar-refractivity contribution in [3.8, 4) is 0 Å². The molecule has 0 radical (unpaired) electrons. The highest BCUT2D eigenvalue weighted by Gasteiger charge is 2.19. The monoisotopic (exact) mass is 949 g/mol. The van der Waals surface area contributed by atoms with Crippen molar-refractivity contribution in [2.45, 2.75) is 290 Å². The molecule has 0 aliphatic rings. The lowest BCUT2D eigenvalue weighted by Crippen LogP contribution is -2.30. The van der Waals surface area contributed by atoms with Gasteiger partial charge < -0.3 is 14.2 Å². The lowest BCUT2D eigenvalue weighted by atomic mass is 10.1. The number of hydrogen-bond donors (Lipinski definition) is 0. The van der Waals surface area contributed by atoms with Crippen molar-refractivity contribution in [1.29, 1.82) is 0 Å². The number of rotatable bonds is 52. The summed E-state index contributed by atoms with van der Waals surface area (Å²) in [4.78, 5) is 38.1. The number of unbranched alkanes of at least 4 members (excludes halogenated alkanes) is 29. The maximum atomic E-state index is 12.9. The molecule has 0 saturated carbocycles. The van der Waals surface area contributed by atoms with Crippen LogP contribution < -0.4 is 0 Å². The topological polar surface area (TPSA) is 78.9 Å². The summed E-state index contributed by atoms with van der Waals surface area (Å²) in [5, 5.41) is 0. The van der Waals surface area contributed by atoms with Crippen molar-refractivity contribution in [3.63, 3.8) is 0 Å². The van der Waals surface area contributed by atoms with Gasteiger partial charge in [-0.1, -0.05) is 229 Å². The third kappa shape index (κ3) is 53.8. The quantitative estimate of drug-likeness (QED) is 0.0262. The zero-order chi connectivity index (χ0) is 49.3. The number of allylic oxidation sites excluding steroid dienone is 12. The van der Waals surface area contributed by atoms with Gasteiger partial charge in [-0.3, -0.25) is 14.4 Å². The van der Waals surface area contributed by atoms with Gasteiger partial charge in [0.05, 0.1) is 0 Å². The summed E-state index contributed by atoms with van der Waals surface area (Å²) in [5.74, 6) is -0.905. The van der Waals surface area contributed by atoms with E-state index in [0.29, 0.717) is 19.3 Å². The summed E-state index contributed by atoms with van der Waals surface area (Å²) in [6.07, 6.45) is 71.8. The van der Waals surface area contributed by atoms with Gasteiger partial charge in [0.1, 0.15) is 13.2 Å². The van der Waals surface area contributed by atoms with Crippen LogP contribution >= 0.6 is 0 Å². The largest absolute Gasteiger partial charge is 0.462 e. The number of hydrogen-bond acceptors (Lipinski definition) is 6. The maximum absolute atomic E-state index is 12.9. The first-order valence-corrected chi connectivity index (χ1v) is 28.9. The normalized spacial score (nSPS) is 12.6. The summed E-state index contributed by atoms with van der Waals surface area (Å²) in [5.41, 5.74) is 0. The highest BCUT2D eigenvalue weighted by atomic mass is 16.6. The molecule has 0 aromatic heterocycles. The van der Waals surface area contributed by atoms with Crippen molar-refractivity contribution < 1.29 is 28.6 Å². The van der Waals surface area contributed by atoms with Crippen molar-refractivity contribution >= 4 is 17.9 Å². The third-order valence-electron chi connectivity index (χ3n) is 12.4. The summed E-state index contributed by atoms with van der Waals surface area (Å²) < 4.78 is 16.8. The molecule has 0 N–H and O–H groups in total. The van der Waals surface area contributed by atoms with Crippen LogP contribution in [0.1, 0.15) is 284 Å². The van der Waals surface area contributed by atoms with Gasteiger partial charge in [-0.05, 0) is 109 Å². The number of esters is 3. The van der Waals surface area contributed by atoms with Crippen molar-refractivity contribution in [3.05, 3.63) is 72.9 Å². The summed E-state index contributed by atoms with van der Waals surface area (Å²) in [6, 6.07) is 0. The molecule has 0 aromatic carbocycles. The lowest BCUT2D eigenvalue weighted by Gasteiger charge is -2.18. The second-order valence-corrected chi connectivity index (χ2v) is 19.2. The molecular weight excluding hydrogens is 841 g/mol. The van der Waals surface area contributed by atoms with Crippen molar-refractivity contribution in [1.82, 2.24) is 0 Å². The van der Waals surface area contributed by atoms with E-state index in [0.717, 1.165) is 96.3 Å². The van der Waals surface area contributed by atoms with E-state index in [-0.39, 0.29) is 31.1 Å². The molecule has 0 heterocycles. The van der Waals surface area contributed by atoms with E-state index in [9.17, 15) is 14.4 Å². The Hall–Kier alpha value is -3.15. The van der Waals surface area contributed by atoms with E-state index < -0.39 is 6.10 Å². The SMILES string of the molecule is CC/C=C\C/C=C\C/C=C\C/C=C\CCCCCCCCC(=O)OCC(COC(=O)CCCCCCC/C=C\CCCCC)OC(=O)CCCCCCCCC/C=C\CCCCCCCCCC. The molecule has 0 aromatic rings. The molecule has 0 aliphatic heterocycles. The van der Waals surface area contributed by atoms with Gasteiger partial charge in [0.15, 0.2) is 6.10 Å². The Morgan fingerprint density at radius 1 is 0.309 bits per heavy atom. The average molecular weight is 950 g/mol. The Kier molecular flexibility index (Phi) is 53.8. The molecule has 0 saturated heterocycles. The average Bonchev–Trinajstić information content (AvgIpc) is 3.34. The van der Waals surface area contributed by atoms with Gasteiger partial charge in [0, 0.05) is 19.3 Å². The van der Waals surface area contributed by atoms with Gasteiger partial charge in [0.25, 0.3) is 0 Å². The zero-order valence-electron chi connectivity index (χ0n) is 44.9. The third-order valence-corrected chi connectivity index (χ3v) is 12.4. The molecule has 0 spiro atoms. The van der Waals surface area contributed by atoms with Crippen LogP contribution in [-0.4, -0.2) is 37.2 Å². The molecule has 0 bridgehead atoms. The fraction of sp³-hybridized carbons (Fsp3) is 0.758. The minimum atomic E-state index is -0.787. The Bertz CT molecular complexity index is 1270. The van der Waals surface area contributed by atoms with Gasteiger partial charge in [-0.15, -0.1) is 0 Å². The Morgan fingerprint density at radius 2 is 0.574 bits per heavy atom. The molecule has 0 amide bonds. The Morgan fingerprint density at radius 3 is 0.941 bits per heavy atom. The maximum Gasteiger partial charge on any atom is 0.306 e. The molecule has 0 aliphatic carbocycles. The Labute approximate surface area is 421 Å². The molecular formula is C62H108O6. The predicted octanol–water partition coefficient (Wildman–Crippen LogP) is 19.4. The Balaban J connectivity index is 4.38. The van der Waals surface area contributed by atoms with Crippen molar-refractivity contribution in [2.24, 2.45) is 0 Å². The van der Waals surface area contributed by atoms with E-state index in [1.807, 2.05) is 0 Å². The highest BCUT2D eigenvalue weighted by Crippen LogP contribution is 2.15. The van der Waals surface area contributed by atoms with Crippen LogP contribution in [0.4, 0.5) is 0 Å². The lowest BCUT2D eigenvalue weighted by molar-refractivity contribution is -0.167. The summed E-state index contributed by atoms with van der Waals surface area (Å²) in [7, 11) is 0. The highest BCUT2D eigenvalue weighted by molar-refractivity contribution is 5.71. The predicted molar refractivity (Wildman–Crippen MR) is 293 cm³/mol. The van der Waals surface area contributed by atoms with Crippen LogP contribution in [0.2, 0.25) is 0 Å². The van der Waals surface area contributed by atoms with Crippen LogP contribution in [0.25, 0.3) is 0 Å². The van der Waals surface area contributed by atoms with Crippen LogP contribution in [0, 0.1) is 0 Å². The second-order valence-electron chi connectivity index (χ2n) is 19.2. The van der Waals surface area contributed by atoms with Crippen LogP contribution in [0.5, 0.6) is 0 Å². The molecule has 0 fully saturated rings. The van der Waals surface area contributed by atoms with E-state index >= 15 is 0 Å². The molecule has 6 heteroatoms. The first kappa shape index (κ1) is 64.8. The molecule has 392 valence electrons. The molecule has 0 rings (SSSR count). The van der Waals surface area contributed by atoms with E-state index in [1.54, 1.807) is 0 Å². The second kappa shape index (κ2) is 56.4. The number of carbonyl (C=O) groups excluding carboxylic acids is 3. The minimum Gasteiger partial charge on any atom is -0.462 e. The molecule has 68 heavy (non-hydrogen) atoms. The summed E-state index contributed by atoms with van der Waals surface area (Å²) >= 11 is 0. The first-order chi connectivity index (χ1) is 33.5. The molecule has 6 nitrogen and oxygen atoms in total. The van der Waals surface area contributed by atoms with Gasteiger partial charge in [0.2, 0.25) is 0 Å². The minimum absolute atomic E-state index is 0.0856. The van der Waals surface area contributed by atoms with E-state index in [1.165, 1.54) is 148 Å². The van der Waals surface area contributed by atoms with Gasteiger partial charge >= 0.3 is 17.9 Å². The smallest absolute Gasteiger partial charge is 0.306 e. The first-order valence-electron chi connectivity index (χ1n) is 28.9. The summed E-state index contributed by atoms with van der Waals surface area (Å²) in [6.45, 7) is 6.50. The van der Waals surface area contributed by atoms with Crippen LogP contribution in [-0.2, 0) is 28.6 Å². The van der Waals surface area contributed by atoms with Gasteiger partial charge in [-0.25, -0.2) is 0 Å². The van der Waals surface area contributed by atoms with Crippen molar-refractivity contribution in [2.75, 3.05) is 13.2 Å². The number of ether oxygens (including phenoxy) is 3. The van der Waals surface area contributed by atoms with Gasteiger partial charge in [-0.2, -0.15) is 0 Å². The van der Waals surface area contributed by atoms with Crippen LogP contribution in [0.3, 0.4) is 0 Å². The van der Waals surface area contributed by atoms with E-state index in [4.69, 9.17) is 14.2 Å². The standard InChI is InChI=1S/C62H108O6/c1-4-7-10-13-16-19-22-25-27-29-31-33-35-37-40-43-46-49-52-55-61(64)67-58-59(57-66-60(63)54-51-48-45-42-39-24-21-18-15-12-9-6-3)68-62(65)56-53-50-47-44-41-38-36-34-32-30-28-26-23-20-17-14-11-8-5-2/h7,10,16,18-19,21,25,27,30-33,59H,4-6,8-9,11-15,17,20,22-24,26,28-29,34-58H2,1-3H3/b10-7-,19-16-,21-18-,27-25-,32-30-,33-31-. The zero-order valence-corrected chi connectivity index (χ0v) is 44.9.